The lowest BCUT2D eigenvalue weighted by Crippen LogP contribution is -2.33. The van der Waals surface area contributed by atoms with Crippen LogP contribution >= 0.6 is 27.7 Å². The number of hydrogen-bond acceptors (Lipinski definition) is 6. The van der Waals surface area contributed by atoms with Crippen molar-refractivity contribution in [1.29, 1.82) is 0 Å². The molecule has 0 radical (unpaired) electrons. The van der Waals surface area contributed by atoms with Gasteiger partial charge in [-0.3, -0.25) is 29.3 Å². The molecule has 3 rings (SSSR count). The summed E-state index contributed by atoms with van der Waals surface area (Å²) in [6, 6.07) is 3.64. The Morgan fingerprint density at radius 2 is 2.14 bits per heavy atom. The Kier molecular flexibility index (Phi) is 3.60. The van der Waals surface area contributed by atoms with Crippen LogP contribution in [0.3, 0.4) is 0 Å². The Labute approximate surface area is 130 Å². The molecule has 0 fully saturated rings. The maximum Gasteiger partial charge on any atom is 0.339 e. The summed E-state index contributed by atoms with van der Waals surface area (Å²) in [5.41, 5.74) is -0.136. The number of pyridine rings is 2. The first kappa shape index (κ1) is 14.0. The monoisotopic (exact) mass is 365 g/mol. The van der Waals surface area contributed by atoms with Crippen molar-refractivity contribution >= 4 is 38.7 Å². The first-order valence-corrected chi connectivity index (χ1v) is 7.41. The molecule has 0 aromatic carbocycles. The molecule has 9 heteroatoms. The maximum atomic E-state index is 11.4. The van der Waals surface area contributed by atoms with Gasteiger partial charge in [-0.2, -0.15) is 4.98 Å². The second-order valence-electron chi connectivity index (χ2n) is 4.13. The summed E-state index contributed by atoms with van der Waals surface area (Å²) in [6.45, 7) is 0. The van der Waals surface area contributed by atoms with Crippen LogP contribution in [0.2, 0.25) is 0 Å². The molecule has 1 N–H and O–H groups in total. The zero-order valence-electron chi connectivity index (χ0n) is 10.7. The summed E-state index contributed by atoms with van der Waals surface area (Å²) in [6.07, 6.45) is 3.33. The molecule has 7 nitrogen and oxygen atoms in total. The number of aromatic amines is 1. The first-order chi connectivity index (χ1) is 10.0. The normalized spacial score (nSPS) is 11.0. The van der Waals surface area contributed by atoms with Crippen molar-refractivity contribution in [3.8, 4) is 0 Å². The number of halogens is 1. The van der Waals surface area contributed by atoms with E-state index in [9.17, 15) is 9.59 Å². The average Bonchev–Trinajstić information content (AvgIpc) is 2.44. The topological polar surface area (TPSA) is 93.5 Å². The smallest absolute Gasteiger partial charge is 0.265 e. The van der Waals surface area contributed by atoms with Crippen LogP contribution in [0.1, 0.15) is 0 Å². The molecule has 0 aliphatic carbocycles. The number of aryl methyl sites for hydroxylation is 1. The molecule has 0 spiro atoms. The third-order valence-electron chi connectivity index (χ3n) is 2.66. The fourth-order valence-corrected chi connectivity index (χ4v) is 2.92. The van der Waals surface area contributed by atoms with E-state index < -0.39 is 11.1 Å². The van der Waals surface area contributed by atoms with Gasteiger partial charge in [0.25, 0.3) is 0 Å². The van der Waals surface area contributed by atoms with E-state index in [1.54, 1.807) is 25.5 Å². The van der Waals surface area contributed by atoms with Crippen LogP contribution in [0.4, 0.5) is 0 Å². The molecule has 0 aliphatic heterocycles. The lowest BCUT2D eigenvalue weighted by molar-refractivity contribution is 0.596. The number of aromatic nitrogens is 5. The van der Waals surface area contributed by atoms with Gasteiger partial charge in [0.1, 0.15) is 5.52 Å². The largest absolute Gasteiger partial charge is 0.339 e. The Bertz CT molecular complexity index is 952. The molecule has 0 aliphatic rings. The van der Waals surface area contributed by atoms with Crippen LogP contribution in [0.15, 0.2) is 48.6 Å². The lowest BCUT2D eigenvalue weighted by Gasteiger charge is -2.07. The van der Waals surface area contributed by atoms with Gasteiger partial charge in [-0.15, -0.1) is 0 Å². The molecule has 0 unspecified atom stereocenters. The average molecular weight is 366 g/mol. The minimum Gasteiger partial charge on any atom is -0.265 e. The quantitative estimate of drug-likeness (QED) is 0.688. The second kappa shape index (κ2) is 5.41. The minimum absolute atomic E-state index is 0.372. The van der Waals surface area contributed by atoms with Crippen LogP contribution in [0, 0.1) is 0 Å². The van der Waals surface area contributed by atoms with Gasteiger partial charge in [-0.25, -0.2) is 0 Å². The van der Waals surface area contributed by atoms with E-state index in [1.165, 1.54) is 16.4 Å². The molecule has 0 atom stereocenters. The van der Waals surface area contributed by atoms with Gasteiger partial charge in [0.15, 0.2) is 5.16 Å². The van der Waals surface area contributed by atoms with E-state index in [2.05, 4.69) is 36.0 Å². The maximum absolute atomic E-state index is 11.4. The van der Waals surface area contributed by atoms with Crippen molar-refractivity contribution in [2.24, 2.45) is 7.05 Å². The lowest BCUT2D eigenvalue weighted by atomic mass is 10.3. The van der Waals surface area contributed by atoms with Crippen LogP contribution in [-0.4, -0.2) is 24.7 Å². The molecule has 0 amide bonds. The summed E-state index contributed by atoms with van der Waals surface area (Å²) in [5.74, 6) is 0. The summed E-state index contributed by atoms with van der Waals surface area (Å²) in [4.78, 5) is 35.7. The van der Waals surface area contributed by atoms with E-state index in [4.69, 9.17) is 0 Å². The number of H-pyrrole nitrogens is 1. The summed E-state index contributed by atoms with van der Waals surface area (Å²) in [5, 5.41) is 2.78. The second-order valence-corrected chi connectivity index (χ2v) is 6.06. The molecular formula is C12H8BrN5O2S. The van der Waals surface area contributed by atoms with Gasteiger partial charge in [-0.1, -0.05) is 0 Å². The zero-order valence-corrected chi connectivity index (χ0v) is 13.1. The SMILES string of the molecule is Cn1[nH]c(=O)c(=O)nc1Sc1ccnc2cc(Br)cnc12. The number of hydrogen-bond donors (Lipinski definition) is 1. The van der Waals surface area contributed by atoms with Crippen LogP contribution in [-0.2, 0) is 7.05 Å². The van der Waals surface area contributed by atoms with Gasteiger partial charge in [0.05, 0.1) is 5.52 Å². The zero-order chi connectivity index (χ0) is 15.0. The van der Waals surface area contributed by atoms with E-state index in [0.29, 0.717) is 10.7 Å². The standard InChI is InChI=1S/C12H8BrN5O2S/c1-18-12(16-10(19)11(20)17-18)21-8-2-3-14-7-4-6(13)5-15-9(7)8/h2-5H,1H3,(H,17,20). The number of nitrogens with one attached hydrogen (secondary N) is 1. The predicted molar refractivity (Wildman–Crippen MR) is 81.5 cm³/mol. The van der Waals surface area contributed by atoms with Crippen molar-refractivity contribution in [2.75, 3.05) is 0 Å². The van der Waals surface area contributed by atoms with Crippen molar-refractivity contribution in [3.63, 3.8) is 0 Å². The van der Waals surface area contributed by atoms with Crippen molar-refractivity contribution < 1.29 is 0 Å². The fraction of sp³-hybridized carbons (Fsp3) is 0.0833. The summed E-state index contributed by atoms with van der Waals surface area (Å²) >= 11 is 4.58. The third-order valence-corrected chi connectivity index (χ3v) is 4.19. The van der Waals surface area contributed by atoms with Gasteiger partial charge in [0.2, 0.25) is 0 Å². The highest BCUT2D eigenvalue weighted by molar-refractivity contribution is 9.10. The molecule has 3 heterocycles. The Morgan fingerprint density at radius 3 is 2.95 bits per heavy atom. The molecule has 106 valence electrons. The van der Waals surface area contributed by atoms with Gasteiger partial charge in [0, 0.05) is 28.8 Å². The first-order valence-electron chi connectivity index (χ1n) is 5.80. The molecule has 0 saturated heterocycles. The van der Waals surface area contributed by atoms with Gasteiger partial charge < -0.3 is 0 Å². The molecule has 3 aromatic rings. The van der Waals surface area contributed by atoms with E-state index in [0.717, 1.165) is 14.9 Å². The van der Waals surface area contributed by atoms with Crippen molar-refractivity contribution in [3.05, 3.63) is 49.7 Å². The fourth-order valence-electron chi connectivity index (χ4n) is 1.71. The van der Waals surface area contributed by atoms with Crippen LogP contribution < -0.4 is 11.1 Å². The Balaban J connectivity index is 2.12. The van der Waals surface area contributed by atoms with E-state index in [1.807, 2.05) is 6.07 Å². The molecule has 21 heavy (non-hydrogen) atoms. The van der Waals surface area contributed by atoms with Crippen molar-refractivity contribution in [1.82, 2.24) is 24.7 Å². The summed E-state index contributed by atoms with van der Waals surface area (Å²) in [7, 11) is 1.61. The minimum atomic E-state index is -0.815. The highest BCUT2D eigenvalue weighted by Gasteiger charge is 2.10. The van der Waals surface area contributed by atoms with Crippen molar-refractivity contribution in [2.45, 2.75) is 10.1 Å². The highest BCUT2D eigenvalue weighted by atomic mass is 79.9. The van der Waals surface area contributed by atoms with Gasteiger partial charge >= 0.3 is 11.1 Å². The summed E-state index contributed by atoms with van der Waals surface area (Å²) < 4.78 is 2.23. The molecule has 0 saturated carbocycles. The van der Waals surface area contributed by atoms with Gasteiger partial charge in [-0.05, 0) is 39.8 Å². The Hall–Kier alpha value is -2.00. The Morgan fingerprint density at radius 1 is 1.33 bits per heavy atom. The predicted octanol–water partition coefficient (Wildman–Crippen LogP) is 1.33. The number of rotatable bonds is 2. The molecule has 0 bridgehead atoms. The molecular weight excluding hydrogens is 358 g/mol. The van der Waals surface area contributed by atoms with Crippen LogP contribution in [0.5, 0.6) is 0 Å². The molecule has 3 aromatic heterocycles. The van der Waals surface area contributed by atoms with Crippen LogP contribution in [0.25, 0.3) is 11.0 Å². The number of fused-ring (bicyclic) bond motifs is 1. The highest BCUT2D eigenvalue weighted by Crippen LogP contribution is 2.30. The number of nitrogens with zero attached hydrogens (tertiary/aromatic N) is 4. The van der Waals surface area contributed by atoms with E-state index >= 15 is 0 Å². The third kappa shape index (κ3) is 2.74. The van der Waals surface area contributed by atoms with E-state index in [-0.39, 0.29) is 0 Å².